The molecule has 0 saturated carbocycles. The van der Waals surface area contributed by atoms with E-state index in [1.54, 1.807) is 85.8 Å². The Kier molecular flexibility index (Phi) is 8.76. The van der Waals surface area contributed by atoms with E-state index in [9.17, 15) is 18.0 Å². The van der Waals surface area contributed by atoms with Crippen LogP contribution in [0.3, 0.4) is 0 Å². The molecule has 0 fully saturated rings. The molecule has 4 aromatic carbocycles. The maximum absolute atomic E-state index is 13.6. The molecule has 4 aromatic rings. The average molecular weight is 555 g/mol. The molecule has 0 aliphatic rings. The molecular formula is C31H30N4O4S. The number of aryl methyl sites for hydroxylation is 2. The normalized spacial score (nSPS) is 11.5. The standard InChI is InChI=1S/C31H30N4O4S/c1-22-15-17-29(18-16-22)40(38,39)35(28-14-7-9-23(2)19-28)21-30(36)34-33-24(3)26-12-8-13-27(20-26)32-31(37)25-10-5-4-6-11-25/h4-20H,21H2,1-3H3,(H,32,37)(H,34,36)/b33-24-. The fourth-order valence-electron chi connectivity index (χ4n) is 3.93. The van der Waals surface area contributed by atoms with E-state index in [0.29, 0.717) is 28.2 Å². The van der Waals surface area contributed by atoms with Crippen molar-refractivity contribution in [3.63, 3.8) is 0 Å². The van der Waals surface area contributed by atoms with E-state index in [1.807, 2.05) is 26.0 Å². The first-order chi connectivity index (χ1) is 19.1. The van der Waals surface area contributed by atoms with E-state index in [1.165, 1.54) is 12.1 Å². The highest BCUT2D eigenvalue weighted by Gasteiger charge is 2.27. The quantitative estimate of drug-likeness (QED) is 0.216. The van der Waals surface area contributed by atoms with Crippen LogP contribution in [0.15, 0.2) is 113 Å². The number of sulfonamides is 1. The summed E-state index contributed by atoms with van der Waals surface area (Å²) in [6.45, 7) is 4.96. The molecule has 2 amide bonds. The molecule has 40 heavy (non-hydrogen) atoms. The Morgan fingerprint density at radius 1 is 0.775 bits per heavy atom. The molecule has 4 rings (SSSR count). The molecule has 0 bridgehead atoms. The van der Waals surface area contributed by atoms with Gasteiger partial charge in [-0.15, -0.1) is 0 Å². The third-order valence-electron chi connectivity index (χ3n) is 6.11. The second-order valence-corrected chi connectivity index (χ2v) is 11.2. The van der Waals surface area contributed by atoms with E-state index in [2.05, 4.69) is 15.8 Å². The number of hydrogen-bond donors (Lipinski definition) is 2. The summed E-state index contributed by atoms with van der Waals surface area (Å²) in [6, 6.07) is 29.4. The van der Waals surface area contributed by atoms with Gasteiger partial charge in [-0.25, -0.2) is 13.8 Å². The van der Waals surface area contributed by atoms with Crippen LogP contribution in [0, 0.1) is 13.8 Å². The summed E-state index contributed by atoms with van der Waals surface area (Å²) in [7, 11) is -4.03. The van der Waals surface area contributed by atoms with Gasteiger partial charge in [-0.1, -0.05) is 60.2 Å². The number of hydrazone groups is 1. The predicted octanol–water partition coefficient (Wildman–Crippen LogP) is 5.29. The maximum Gasteiger partial charge on any atom is 0.264 e. The Bertz CT molecular complexity index is 1650. The number of benzene rings is 4. The molecule has 0 unspecified atom stereocenters. The zero-order valence-electron chi connectivity index (χ0n) is 22.5. The van der Waals surface area contributed by atoms with Gasteiger partial charge in [0.15, 0.2) is 0 Å². The molecule has 8 nitrogen and oxygen atoms in total. The SMILES string of the molecule is C/C(=N/NC(=O)CN(c1cccc(C)c1)S(=O)(=O)c1ccc(C)cc1)c1cccc(NC(=O)c2ccccc2)c1. The number of hydrogen-bond acceptors (Lipinski definition) is 5. The molecule has 0 spiro atoms. The van der Waals surface area contributed by atoms with Crippen molar-refractivity contribution in [2.45, 2.75) is 25.7 Å². The Morgan fingerprint density at radius 2 is 1.45 bits per heavy atom. The number of rotatable bonds is 9. The molecular weight excluding hydrogens is 524 g/mol. The van der Waals surface area contributed by atoms with E-state index in [4.69, 9.17) is 0 Å². The van der Waals surface area contributed by atoms with Gasteiger partial charge in [-0.2, -0.15) is 5.10 Å². The van der Waals surface area contributed by atoms with Crippen LogP contribution in [0.4, 0.5) is 11.4 Å². The number of anilines is 2. The van der Waals surface area contributed by atoms with E-state index in [0.717, 1.165) is 15.4 Å². The van der Waals surface area contributed by atoms with Gasteiger partial charge >= 0.3 is 0 Å². The fourth-order valence-corrected chi connectivity index (χ4v) is 5.34. The molecule has 0 atom stereocenters. The van der Waals surface area contributed by atoms with Gasteiger partial charge in [-0.05, 0) is 80.4 Å². The van der Waals surface area contributed by atoms with E-state index < -0.39 is 22.5 Å². The lowest BCUT2D eigenvalue weighted by molar-refractivity contribution is -0.119. The van der Waals surface area contributed by atoms with Crippen LogP contribution < -0.4 is 15.0 Å². The predicted molar refractivity (Wildman–Crippen MR) is 158 cm³/mol. The van der Waals surface area contributed by atoms with Crippen molar-refractivity contribution in [3.8, 4) is 0 Å². The summed E-state index contributed by atoms with van der Waals surface area (Å²) in [6.07, 6.45) is 0. The molecule has 0 aliphatic heterocycles. The molecule has 0 heterocycles. The third-order valence-corrected chi connectivity index (χ3v) is 7.90. The highest BCUT2D eigenvalue weighted by Crippen LogP contribution is 2.24. The second-order valence-electron chi connectivity index (χ2n) is 9.30. The topological polar surface area (TPSA) is 108 Å². The maximum atomic E-state index is 13.6. The highest BCUT2D eigenvalue weighted by atomic mass is 32.2. The van der Waals surface area contributed by atoms with Crippen LogP contribution in [0.25, 0.3) is 0 Å². The highest BCUT2D eigenvalue weighted by molar-refractivity contribution is 7.92. The summed E-state index contributed by atoms with van der Waals surface area (Å²) >= 11 is 0. The second kappa shape index (κ2) is 12.4. The van der Waals surface area contributed by atoms with Crippen molar-refractivity contribution in [2.75, 3.05) is 16.2 Å². The Morgan fingerprint density at radius 3 is 2.15 bits per heavy atom. The van der Waals surface area contributed by atoms with E-state index >= 15 is 0 Å². The molecule has 0 aliphatic carbocycles. The molecule has 2 N–H and O–H groups in total. The first kappa shape index (κ1) is 28.3. The number of carbonyl (C=O) groups is 2. The van der Waals surface area contributed by atoms with Crippen LogP contribution >= 0.6 is 0 Å². The summed E-state index contributed by atoms with van der Waals surface area (Å²) in [5.74, 6) is -0.850. The van der Waals surface area contributed by atoms with Gasteiger partial charge in [0.2, 0.25) is 0 Å². The molecule has 0 saturated heterocycles. The lowest BCUT2D eigenvalue weighted by Crippen LogP contribution is -2.39. The first-order valence-corrected chi connectivity index (χ1v) is 14.0. The average Bonchev–Trinajstić information content (AvgIpc) is 2.95. The minimum atomic E-state index is -4.03. The molecule has 0 aromatic heterocycles. The van der Waals surface area contributed by atoms with Crippen LogP contribution in [-0.4, -0.2) is 32.5 Å². The minimum absolute atomic E-state index is 0.0847. The minimum Gasteiger partial charge on any atom is -0.322 e. The van der Waals surface area contributed by atoms with Gasteiger partial charge in [0, 0.05) is 11.3 Å². The monoisotopic (exact) mass is 554 g/mol. The number of amides is 2. The van der Waals surface area contributed by atoms with Crippen molar-refractivity contribution in [2.24, 2.45) is 5.10 Å². The number of carbonyl (C=O) groups excluding carboxylic acids is 2. The van der Waals surface area contributed by atoms with Crippen LogP contribution in [0.5, 0.6) is 0 Å². The Labute approximate surface area is 234 Å². The van der Waals surface area contributed by atoms with Crippen LogP contribution in [-0.2, 0) is 14.8 Å². The van der Waals surface area contributed by atoms with Crippen LogP contribution in [0.2, 0.25) is 0 Å². The molecule has 0 radical (unpaired) electrons. The fraction of sp³-hybridized carbons (Fsp3) is 0.129. The Hall–Kier alpha value is -4.76. The lowest BCUT2D eigenvalue weighted by Gasteiger charge is -2.24. The van der Waals surface area contributed by atoms with Gasteiger partial charge in [0.1, 0.15) is 6.54 Å². The zero-order valence-corrected chi connectivity index (χ0v) is 23.3. The smallest absolute Gasteiger partial charge is 0.264 e. The number of nitrogens with one attached hydrogen (secondary N) is 2. The Balaban J connectivity index is 1.51. The van der Waals surface area contributed by atoms with Crippen molar-refractivity contribution >= 4 is 38.9 Å². The van der Waals surface area contributed by atoms with Gasteiger partial charge in [-0.3, -0.25) is 13.9 Å². The molecule has 9 heteroatoms. The molecule has 204 valence electrons. The largest absolute Gasteiger partial charge is 0.322 e. The van der Waals surface area contributed by atoms with Gasteiger partial charge in [0.05, 0.1) is 16.3 Å². The first-order valence-electron chi connectivity index (χ1n) is 12.6. The zero-order chi connectivity index (χ0) is 28.7. The van der Waals surface area contributed by atoms with Gasteiger partial charge < -0.3 is 5.32 Å². The third kappa shape index (κ3) is 7.00. The summed E-state index contributed by atoms with van der Waals surface area (Å²) < 4.78 is 28.2. The van der Waals surface area contributed by atoms with Crippen molar-refractivity contribution < 1.29 is 18.0 Å². The van der Waals surface area contributed by atoms with Crippen molar-refractivity contribution in [3.05, 3.63) is 125 Å². The summed E-state index contributed by atoms with van der Waals surface area (Å²) in [5, 5.41) is 7.03. The van der Waals surface area contributed by atoms with Crippen LogP contribution in [0.1, 0.15) is 34.0 Å². The number of nitrogens with zero attached hydrogens (tertiary/aromatic N) is 2. The van der Waals surface area contributed by atoms with Crippen molar-refractivity contribution in [1.82, 2.24) is 5.43 Å². The summed E-state index contributed by atoms with van der Waals surface area (Å²) in [4.78, 5) is 25.6. The van der Waals surface area contributed by atoms with Crippen molar-refractivity contribution in [1.29, 1.82) is 0 Å². The van der Waals surface area contributed by atoms with Gasteiger partial charge in [0.25, 0.3) is 21.8 Å². The lowest BCUT2D eigenvalue weighted by atomic mass is 10.1. The van der Waals surface area contributed by atoms with E-state index in [-0.39, 0.29) is 10.8 Å². The summed E-state index contributed by atoms with van der Waals surface area (Å²) in [5.41, 5.74) is 6.88.